The maximum absolute atomic E-state index is 14.0. The number of carboxylic acid groups (broad SMARTS) is 1. The van der Waals surface area contributed by atoms with E-state index in [2.05, 4.69) is 33.5 Å². The Hall–Kier alpha value is -12.9. The van der Waals surface area contributed by atoms with Gasteiger partial charge in [0.15, 0.2) is 59.5 Å². The third-order valence-corrected chi connectivity index (χ3v) is 22.4. The van der Waals surface area contributed by atoms with Crippen LogP contribution in [0.1, 0.15) is 223 Å². The molecular weight excluding hydrogens is 1790 g/mol. The Bertz CT molecular complexity index is 5080. The summed E-state index contributed by atoms with van der Waals surface area (Å²) in [5, 5.41) is 14.5. The van der Waals surface area contributed by atoms with Crippen molar-refractivity contribution in [2.24, 2.45) is 26.1 Å². The minimum absolute atomic E-state index is 0. The molecule has 7 atom stereocenters. The van der Waals surface area contributed by atoms with Gasteiger partial charge in [0.05, 0.1) is 131 Å². The summed E-state index contributed by atoms with van der Waals surface area (Å²) >= 11 is 0. The Balaban J connectivity index is 0.000000397. The van der Waals surface area contributed by atoms with Crippen LogP contribution in [0.2, 0.25) is 0 Å². The lowest BCUT2D eigenvalue weighted by Crippen LogP contribution is -2.54. The number of aromatic nitrogens is 3. The highest BCUT2D eigenvalue weighted by atomic mass is 35.5. The number of aliphatic imine (C=N–C) groups is 1. The van der Waals surface area contributed by atoms with Crippen molar-refractivity contribution < 1.29 is 129 Å². The molecule has 7 amide bonds. The zero-order chi connectivity index (χ0) is 92.5. The summed E-state index contributed by atoms with van der Waals surface area (Å²) in [6.07, 6.45) is 16.7. The first-order valence-corrected chi connectivity index (χ1v) is 42.8. The van der Waals surface area contributed by atoms with Crippen LogP contribution in [0.5, 0.6) is 34.5 Å². The number of rotatable bonds is 31. The minimum atomic E-state index is -0.926. The quantitative estimate of drug-likeness (QED) is 0.0136. The fourth-order valence-corrected chi connectivity index (χ4v) is 16.1. The molecule has 0 spiro atoms. The number of aryl methyl sites for hydroxylation is 3. The van der Waals surface area contributed by atoms with Gasteiger partial charge in [-0.15, -0.1) is 12.4 Å². The molecule has 4 unspecified atom stereocenters. The van der Waals surface area contributed by atoms with Crippen LogP contribution < -0.4 is 54.6 Å². The van der Waals surface area contributed by atoms with Gasteiger partial charge in [-0.2, -0.15) is 0 Å². The highest BCUT2D eigenvalue weighted by Crippen LogP contribution is 2.46. The number of anilines is 5. The van der Waals surface area contributed by atoms with Crippen LogP contribution in [0.15, 0.2) is 103 Å². The number of halogens is 1. The molecule has 0 radical (unpaired) electrons. The number of hydrogen-bond donors (Lipinski definition) is 4. The van der Waals surface area contributed by atoms with Gasteiger partial charge in [0.1, 0.15) is 30.3 Å². The van der Waals surface area contributed by atoms with Gasteiger partial charge in [0, 0.05) is 116 Å². The molecular formula is C96H139ClN12O27. The van der Waals surface area contributed by atoms with Gasteiger partial charge < -0.3 is 121 Å². The first kappa shape index (κ1) is 115. The van der Waals surface area contributed by atoms with Crippen molar-refractivity contribution in [2.45, 2.75) is 203 Å². The Kier molecular flexibility index (Phi) is 46.9. The van der Waals surface area contributed by atoms with Crippen molar-refractivity contribution in [3.63, 3.8) is 0 Å². The Morgan fingerprint density at radius 3 is 1.24 bits per heavy atom. The molecule has 8 aliphatic heterocycles. The second kappa shape index (κ2) is 55.2. The molecule has 0 aliphatic carbocycles. The Morgan fingerprint density at radius 2 is 0.860 bits per heavy atom. The average molecular weight is 1930 g/mol. The van der Waals surface area contributed by atoms with E-state index in [9.17, 15) is 52.7 Å². The number of hydrogen-bond acceptors (Lipinski definition) is 28. The summed E-state index contributed by atoms with van der Waals surface area (Å²) in [4.78, 5) is 151. The van der Waals surface area contributed by atoms with E-state index in [4.69, 9.17) is 77.2 Å². The SMILES string of the molecule is C.C.C.C.C.C.C=CCOC(=O)N1c2cc(OCCCC(=O)Nc3cc(C(=O)OC)n(C)c3)c(OC)cc2C(=O)N2CCC[C@H]2C1OC1CCCCO1.C=CCOC(=O)N1c2cc(OCCCC(=O)O)c(OC)cc2C(=O)N2CCC[C@H]2C1OC1CCCCO1.COC(=O)c1cc(N)cn1C.COC(=O)c1cc(NC(=O)CCCOc2cc3c(cc2OC)C(=O)N2CCC[C@H]2C=N3)cn1C.Cl. The van der Waals surface area contributed by atoms with Gasteiger partial charge in [-0.25, -0.2) is 33.8 Å². The summed E-state index contributed by atoms with van der Waals surface area (Å²) in [7, 11) is 13.5. The normalized spacial score (nSPS) is 18.3. The maximum atomic E-state index is 14.0. The molecule has 6 aromatic rings. The number of nitrogen functional groups attached to an aromatic ring is 1. The van der Waals surface area contributed by atoms with E-state index in [-0.39, 0.29) is 191 Å². The van der Waals surface area contributed by atoms with Crippen molar-refractivity contribution in [1.82, 2.24) is 28.4 Å². The predicted molar refractivity (Wildman–Crippen MR) is 516 cm³/mol. The molecule has 39 nitrogen and oxygen atoms in total. The average Bonchev–Trinajstić information content (AvgIpc) is 1.60. The molecule has 8 aliphatic rings. The number of fused-ring (bicyclic) bond motifs is 6. The van der Waals surface area contributed by atoms with Crippen LogP contribution in [0.4, 0.5) is 43.7 Å². The smallest absolute Gasteiger partial charge is 0.416 e. The van der Waals surface area contributed by atoms with Crippen molar-refractivity contribution >= 4 is 118 Å². The minimum Gasteiger partial charge on any atom is -0.493 e. The predicted octanol–water partition coefficient (Wildman–Crippen LogP) is 15.4. The van der Waals surface area contributed by atoms with E-state index >= 15 is 0 Å². The number of benzene rings is 3. The summed E-state index contributed by atoms with van der Waals surface area (Å²) in [5.41, 5.74) is 10.2. The number of nitrogens with one attached hydrogen (secondary N) is 2. The van der Waals surface area contributed by atoms with Gasteiger partial charge in [-0.1, -0.05) is 69.9 Å². The number of methoxy groups -OCH3 is 6. The Morgan fingerprint density at radius 1 is 0.478 bits per heavy atom. The summed E-state index contributed by atoms with van der Waals surface area (Å²) in [5.74, 6) is -1.22. The number of esters is 3. The van der Waals surface area contributed by atoms with E-state index in [1.54, 1.807) is 112 Å². The summed E-state index contributed by atoms with van der Waals surface area (Å²) in [6.45, 7) is 10.6. The van der Waals surface area contributed by atoms with E-state index in [0.29, 0.717) is 133 Å². The largest absolute Gasteiger partial charge is 0.493 e. The van der Waals surface area contributed by atoms with Crippen molar-refractivity contribution in [3.05, 3.63) is 132 Å². The van der Waals surface area contributed by atoms with Crippen molar-refractivity contribution in [2.75, 3.05) is 135 Å². The van der Waals surface area contributed by atoms with Gasteiger partial charge >= 0.3 is 36.1 Å². The summed E-state index contributed by atoms with van der Waals surface area (Å²) < 4.78 is 88.6. The maximum Gasteiger partial charge on any atom is 0.416 e. The molecule has 11 heterocycles. The molecule has 3 aromatic heterocycles. The summed E-state index contributed by atoms with van der Waals surface area (Å²) in [6, 6.07) is 13.5. The van der Waals surface area contributed by atoms with E-state index < -0.39 is 67.2 Å². The fraction of sp³-hybridized carbons (Fsp3) is 0.521. The molecule has 14 rings (SSSR count). The monoisotopic (exact) mass is 1930 g/mol. The molecule has 3 aromatic carbocycles. The molecule has 136 heavy (non-hydrogen) atoms. The van der Waals surface area contributed by atoms with Gasteiger partial charge in [0.2, 0.25) is 11.8 Å². The highest BCUT2D eigenvalue weighted by Gasteiger charge is 2.50. The number of nitrogens with two attached hydrogens (primary N) is 1. The lowest BCUT2D eigenvalue weighted by atomic mass is 10.1. The standard InChI is InChI=1S/C33H42N4O10.C26H34N2O9.C24H28N4O6.C7H10N2O2.6CH4.ClH/c1-5-14-46-33(41)37-24-19-27(44-16-9-11-28(38)34-21-17-25(32(40)43-4)35(2)20-21)26(42-3)18-22(24)30(39)36-13-8-10-23(36)31(37)47-29-12-6-7-15-45-29;1-3-12-36-26(32)28-19-16-21(34-14-7-9-22(29)30)20(33-2)15-17(19)24(31)27-11-6-8-18(27)25(28)37-23-10-4-5-13-35-23;1-27-14-15(10-19(27)24(31)33-3)26-22(29)7-5-9-34-21-12-18-17(11-20(21)32-2)23(30)28-8-4-6-16(28)13-25-18;1-9-4-5(8)3-6(9)7(10)11-2;;;;;;;/h5,17-20,23,29,31H,1,6-16H2,2-4H3,(H,34,38);3,15-16,18,23,25H,1,4-14H2,2H3,(H,29,30);10-14,16H,4-9H2,1-3H3,(H,26,29);3-4H,8H2,1-2H3;6*1H4;1H/t23-,29?,31?;18-,23?,25?;16-;;;;;;;;/m000......../s1. The highest BCUT2D eigenvalue weighted by molar-refractivity contribution is 6.08. The second-order valence-corrected chi connectivity index (χ2v) is 31.1. The number of ether oxygens (including phenoxy) is 15. The molecule has 5 N–H and O–H groups in total. The van der Waals surface area contributed by atoms with Crippen LogP contribution in [0.3, 0.4) is 0 Å². The zero-order valence-corrected chi connectivity index (χ0v) is 75.3. The fourth-order valence-electron chi connectivity index (χ4n) is 16.1. The van der Waals surface area contributed by atoms with Crippen LogP contribution in [-0.4, -0.2) is 257 Å². The molecule has 5 saturated heterocycles. The van der Waals surface area contributed by atoms with Crippen molar-refractivity contribution in [3.8, 4) is 34.5 Å². The second-order valence-electron chi connectivity index (χ2n) is 31.1. The number of carboxylic acids is 1. The lowest BCUT2D eigenvalue weighted by Gasteiger charge is -2.38. The topological polar surface area (TPSA) is 440 Å². The van der Waals surface area contributed by atoms with Crippen LogP contribution in [0.25, 0.3) is 0 Å². The number of carbonyl (C=O) groups is 11. The van der Waals surface area contributed by atoms with Gasteiger partial charge in [-0.3, -0.25) is 33.8 Å². The van der Waals surface area contributed by atoms with Crippen LogP contribution in [0, 0.1) is 0 Å². The van der Waals surface area contributed by atoms with E-state index in [0.717, 1.165) is 57.9 Å². The zero-order valence-electron chi connectivity index (χ0n) is 74.5. The van der Waals surface area contributed by atoms with Crippen LogP contribution >= 0.6 is 12.4 Å². The van der Waals surface area contributed by atoms with Crippen molar-refractivity contribution in [1.29, 1.82) is 0 Å². The first-order chi connectivity index (χ1) is 62.2. The number of amides is 7. The van der Waals surface area contributed by atoms with Crippen LogP contribution in [-0.2, 0) is 78.2 Å². The molecule has 752 valence electrons. The van der Waals surface area contributed by atoms with E-state index in [1.807, 2.05) is 11.1 Å². The Labute approximate surface area is 802 Å². The lowest BCUT2D eigenvalue weighted by molar-refractivity contribution is -0.195. The molecule has 0 bridgehead atoms. The first-order valence-electron chi connectivity index (χ1n) is 42.8. The molecule has 5 fully saturated rings. The van der Waals surface area contributed by atoms with E-state index in [1.165, 1.54) is 70.7 Å². The van der Waals surface area contributed by atoms with Gasteiger partial charge in [0.25, 0.3) is 17.7 Å². The number of carbonyl (C=O) groups excluding carboxylic acids is 10. The number of aliphatic carboxylic acids is 1. The van der Waals surface area contributed by atoms with Gasteiger partial charge in [-0.05, 0) is 133 Å². The third kappa shape index (κ3) is 28.6. The molecule has 40 heteroatoms. The molecule has 0 saturated carbocycles. The third-order valence-electron chi connectivity index (χ3n) is 22.4. The number of nitrogens with zero attached hydrogens (tertiary/aromatic N) is 9.